The lowest BCUT2D eigenvalue weighted by Gasteiger charge is -2.09. The molecule has 0 aliphatic heterocycles. The molecule has 0 atom stereocenters. The molecule has 1 aromatic carbocycles. The quantitative estimate of drug-likeness (QED) is 0.541. The molecule has 0 bridgehead atoms. The maximum Gasteiger partial charge on any atom is 0.254 e. The third-order valence-corrected chi connectivity index (χ3v) is 4.81. The largest absolute Gasteiger partial charge is 0.254 e. The van der Waals surface area contributed by atoms with Crippen LogP contribution in [-0.4, -0.2) is 19.6 Å². The van der Waals surface area contributed by atoms with E-state index in [2.05, 4.69) is 47.1 Å². The third kappa shape index (κ3) is 2.89. The van der Waals surface area contributed by atoms with Gasteiger partial charge in [-0.05, 0) is 26.3 Å². The highest BCUT2D eigenvalue weighted by atomic mass is 35.5. The first-order valence-electron chi connectivity index (χ1n) is 6.60. The number of nitrogens with zero attached hydrogens (tertiary/aromatic N) is 4. The molecule has 2 aromatic heterocycles. The van der Waals surface area contributed by atoms with E-state index in [9.17, 15) is 0 Å². The van der Waals surface area contributed by atoms with E-state index in [4.69, 9.17) is 11.6 Å². The van der Waals surface area contributed by atoms with Crippen molar-refractivity contribution in [1.29, 1.82) is 0 Å². The van der Waals surface area contributed by atoms with Crippen LogP contribution in [0.1, 0.15) is 22.3 Å². The molecule has 0 fully saturated rings. The van der Waals surface area contributed by atoms with Gasteiger partial charge in [-0.1, -0.05) is 40.9 Å². The molecule has 0 aliphatic rings. The van der Waals surface area contributed by atoms with Crippen molar-refractivity contribution < 1.29 is 0 Å². The zero-order valence-corrected chi connectivity index (χ0v) is 13.7. The number of aromatic nitrogens is 4. The monoisotopic (exact) mass is 318 g/mol. The van der Waals surface area contributed by atoms with Crippen molar-refractivity contribution in [1.82, 2.24) is 19.6 Å². The Morgan fingerprint density at radius 1 is 1.14 bits per heavy atom. The Hall–Kier alpha value is -1.59. The van der Waals surface area contributed by atoms with Crippen molar-refractivity contribution in [2.45, 2.75) is 31.6 Å². The van der Waals surface area contributed by atoms with Crippen LogP contribution in [-0.2, 0) is 5.75 Å². The van der Waals surface area contributed by atoms with Gasteiger partial charge in [-0.25, -0.2) is 0 Å². The van der Waals surface area contributed by atoms with E-state index in [0.29, 0.717) is 10.9 Å². The van der Waals surface area contributed by atoms with E-state index in [-0.39, 0.29) is 0 Å². The summed E-state index contributed by atoms with van der Waals surface area (Å²) in [5, 5.41) is 5.70. The van der Waals surface area contributed by atoms with E-state index in [0.717, 1.165) is 16.3 Å². The fourth-order valence-corrected chi connectivity index (χ4v) is 3.60. The molecule has 0 radical (unpaired) electrons. The molecule has 2 heterocycles. The minimum atomic E-state index is 0.485. The van der Waals surface area contributed by atoms with Crippen LogP contribution in [0.15, 0.2) is 29.6 Å². The zero-order valence-electron chi connectivity index (χ0n) is 12.1. The van der Waals surface area contributed by atoms with E-state index >= 15 is 0 Å². The van der Waals surface area contributed by atoms with Crippen molar-refractivity contribution in [3.8, 4) is 0 Å². The van der Waals surface area contributed by atoms with E-state index in [1.807, 2.05) is 6.92 Å². The molecule has 0 unspecified atom stereocenters. The van der Waals surface area contributed by atoms with Crippen LogP contribution in [0.5, 0.6) is 0 Å². The standard InChI is InChI=1S/C15H15ClN4S/c1-9-4-10(2)6-12(5-9)7-21-14-11(3)13(16)19-15-17-8-18-20(14)15/h4-6,8H,7H2,1-3H3. The predicted molar refractivity (Wildman–Crippen MR) is 86.0 cm³/mol. The SMILES string of the molecule is Cc1cc(C)cc(CSc2c(C)c(Cl)nc3ncnn23)c1. The minimum absolute atomic E-state index is 0.485. The first kappa shape index (κ1) is 14.4. The molecule has 21 heavy (non-hydrogen) atoms. The van der Waals surface area contributed by atoms with Crippen LogP contribution in [0.3, 0.4) is 0 Å². The van der Waals surface area contributed by atoms with Gasteiger partial charge in [0.25, 0.3) is 5.78 Å². The van der Waals surface area contributed by atoms with Gasteiger partial charge in [0.05, 0.1) is 0 Å². The summed E-state index contributed by atoms with van der Waals surface area (Å²) in [4.78, 5) is 8.33. The maximum absolute atomic E-state index is 6.18. The average Bonchev–Trinajstić information content (AvgIpc) is 2.86. The normalized spacial score (nSPS) is 11.2. The predicted octanol–water partition coefficient (Wildman–Crippen LogP) is 4.00. The van der Waals surface area contributed by atoms with Gasteiger partial charge < -0.3 is 0 Å². The first-order valence-corrected chi connectivity index (χ1v) is 7.97. The number of benzene rings is 1. The lowest BCUT2D eigenvalue weighted by Crippen LogP contribution is -2.00. The molecule has 4 nitrogen and oxygen atoms in total. The summed E-state index contributed by atoms with van der Waals surface area (Å²) in [6, 6.07) is 6.59. The van der Waals surface area contributed by atoms with E-state index in [1.54, 1.807) is 16.3 Å². The lowest BCUT2D eigenvalue weighted by molar-refractivity contribution is 0.825. The van der Waals surface area contributed by atoms with Gasteiger partial charge in [-0.2, -0.15) is 19.6 Å². The van der Waals surface area contributed by atoms with Crippen molar-refractivity contribution in [3.05, 3.63) is 51.9 Å². The molecule has 0 N–H and O–H groups in total. The number of hydrogen-bond acceptors (Lipinski definition) is 4. The Balaban J connectivity index is 1.94. The second-order valence-electron chi connectivity index (χ2n) is 5.09. The van der Waals surface area contributed by atoms with Crippen molar-refractivity contribution in [2.75, 3.05) is 0 Å². The smallest absolute Gasteiger partial charge is 0.199 e. The Labute approximate surface area is 132 Å². The molecule has 0 saturated heterocycles. The zero-order chi connectivity index (χ0) is 15.0. The molecule has 3 rings (SSSR count). The summed E-state index contributed by atoms with van der Waals surface area (Å²) >= 11 is 7.88. The van der Waals surface area contributed by atoms with Gasteiger partial charge in [-0.3, -0.25) is 0 Å². The van der Waals surface area contributed by atoms with Gasteiger partial charge in [-0.15, -0.1) is 11.8 Å². The number of halogens is 1. The lowest BCUT2D eigenvalue weighted by atomic mass is 10.1. The van der Waals surface area contributed by atoms with Gasteiger partial charge >= 0.3 is 0 Å². The molecule has 6 heteroatoms. The van der Waals surface area contributed by atoms with Gasteiger partial charge in [0.1, 0.15) is 16.5 Å². The summed E-state index contributed by atoms with van der Waals surface area (Å²) in [6.45, 7) is 6.19. The van der Waals surface area contributed by atoms with Crippen molar-refractivity contribution >= 4 is 29.1 Å². The minimum Gasteiger partial charge on any atom is -0.199 e. The number of rotatable bonds is 3. The Morgan fingerprint density at radius 3 is 2.57 bits per heavy atom. The van der Waals surface area contributed by atoms with Crippen LogP contribution in [0, 0.1) is 20.8 Å². The molecule has 0 spiro atoms. The number of thioether (sulfide) groups is 1. The van der Waals surface area contributed by atoms with Crippen LogP contribution in [0.25, 0.3) is 5.78 Å². The number of aryl methyl sites for hydroxylation is 2. The molecular weight excluding hydrogens is 304 g/mol. The Morgan fingerprint density at radius 2 is 1.86 bits per heavy atom. The number of fused-ring (bicyclic) bond motifs is 1. The summed E-state index contributed by atoms with van der Waals surface area (Å²) in [6.07, 6.45) is 1.50. The molecule has 0 saturated carbocycles. The van der Waals surface area contributed by atoms with E-state index in [1.165, 1.54) is 23.0 Å². The molecule has 108 valence electrons. The second-order valence-corrected chi connectivity index (χ2v) is 6.41. The molecule has 0 amide bonds. The van der Waals surface area contributed by atoms with Gasteiger partial charge in [0.2, 0.25) is 0 Å². The summed E-state index contributed by atoms with van der Waals surface area (Å²) in [5.74, 6) is 1.40. The fourth-order valence-electron chi connectivity index (χ4n) is 2.35. The Bertz CT molecular complexity index is 793. The number of hydrogen-bond donors (Lipinski definition) is 0. The highest BCUT2D eigenvalue weighted by Gasteiger charge is 2.13. The summed E-state index contributed by atoms with van der Waals surface area (Å²) in [5.41, 5.74) is 4.78. The average molecular weight is 319 g/mol. The fraction of sp³-hybridized carbons (Fsp3) is 0.267. The summed E-state index contributed by atoms with van der Waals surface area (Å²) < 4.78 is 1.74. The topological polar surface area (TPSA) is 43.1 Å². The van der Waals surface area contributed by atoms with Crippen molar-refractivity contribution in [3.63, 3.8) is 0 Å². The van der Waals surface area contributed by atoms with Crippen LogP contribution in [0.4, 0.5) is 0 Å². The molecule has 0 aliphatic carbocycles. The molecular formula is C15H15ClN4S. The summed E-state index contributed by atoms with van der Waals surface area (Å²) in [7, 11) is 0. The van der Waals surface area contributed by atoms with Gasteiger partial charge in [0, 0.05) is 11.3 Å². The van der Waals surface area contributed by atoms with Crippen LogP contribution < -0.4 is 0 Å². The maximum atomic E-state index is 6.18. The van der Waals surface area contributed by atoms with Crippen molar-refractivity contribution in [2.24, 2.45) is 0 Å². The Kier molecular flexibility index (Phi) is 3.87. The molecule has 3 aromatic rings. The highest BCUT2D eigenvalue weighted by Crippen LogP contribution is 2.29. The van der Waals surface area contributed by atoms with E-state index < -0.39 is 0 Å². The van der Waals surface area contributed by atoms with Gasteiger partial charge in [0.15, 0.2) is 0 Å². The second kappa shape index (κ2) is 5.66. The van der Waals surface area contributed by atoms with Crippen LogP contribution in [0.2, 0.25) is 5.15 Å². The first-order chi connectivity index (χ1) is 10.0. The highest BCUT2D eigenvalue weighted by molar-refractivity contribution is 7.98. The third-order valence-electron chi connectivity index (χ3n) is 3.21. The van der Waals surface area contributed by atoms with Crippen LogP contribution >= 0.6 is 23.4 Å².